The third kappa shape index (κ3) is 2.71. The number of aromatic amines is 1. The average molecular weight is 348 g/mol. The minimum atomic E-state index is -0.320. The van der Waals surface area contributed by atoms with E-state index >= 15 is 0 Å². The zero-order chi connectivity index (χ0) is 15.0. The highest BCUT2D eigenvalue weighted by molar-refractivity contribution is 9.10. The van der Waals surface area contributed by atoms with Gasteiger partial charge in [0.2, 0.25) is 0 Å². The average Bonchev–Trinajstić information content (AvgIpc) is 3.05. The first-order valence-electron chi connectivity index (χ1n) is 6.59. The molecule has 0 bridgehead atoms. The highest BCUT2D eigenvalue weighted by atomic mass is 79.9. The first kappa shape index (κ1) is 13.9. The van der Waals surface area contributed by atoms with Crippen molar-refractivity contribution in [2.45, 2.75) is 19.8 Å². The third-order valence-corrected chi connectivity index (χ3v) is 3.81. The molecule has 2 N–H and O–H groups in total. The molecule has 108 valence electrons. The lowest BCUT2D eigenvalue weighted by Crippen LogP contribution is -2.10. The number of benzene rings is 1. The van der Waals surface area contributed by atoms with Crippen molar-refractivity contribution in [3.8, 4) is 0 Å². The summed E-state index contributed by atoms with van der Waals surface area (Å²) in [5.74, 6) is 0.749. The minimum absolute atomic E-state index is 0.256. The van der Waals surface area contributed by atoms with Gasteiger partial charge in [-0.1, -0.05) is 26.0 Å². The lowest BCUT2D eigenvalue weighted by Gasteiger charge is -1.98. The number of halogens is 1. The fraction of sp³-hybridized carbons (Fsp3) is 0.200. The van der Waals surface area contributed by atoms with Crippen LogP contribution in [-0.4, -0.2) is 16.1 Å². The zero-order valence-electron chi connectivity index (χ0n) is 11.6. The Kier molecular flexibility index (Phi) is 3.55. The van der Waals surface area contributed by atoms with Crippen LogP contribution in [0.1, 0.15) is 36.0 Å². The number of hydrogen-bond donors (Lipinski definition) is 2. The van der Waals surface area contributed by atoms with Crippen molar-refractivity contribution >= 4 is 38.6 Å². The fourth-order valence-corrected chi connectivity index (χ4v) is 2.48. The monoisotopic (exact) mass is 347 g/mol. The third-order valence-electron chi connectivity index (χ3n) is 3.18. The van der Waals surface area contributed by atoms with E-state index in [-0.39, 0.29) is 11.7 Å². The number of nitrogens with zero attached hydrogens (tertiary/aromatic N) is 1. The molecule has 0 radical (unpaired) electrons. The quantitative estimate of drug-likeness (QED) is 0.742. The Morgan fingerprint density at radius 2 is 2.19 bits per heavy atom. The van der Waals surface area contributed by atoms with Crippen LogP contribution in [0, 0.1) is 0 Å². The second kappa shape index (κ2) is 5.37. The molecule has 3 aromatic rings. The Morgan fingerprint density at radius 1 is 1.38 bits per heavy atom. The molecule has 1 aromatic carbocycles. The van der Waals surface area contributed by atoms with Crippen LogP contribution in [0.25, 0.3) is 11.0 Å². The number of H-pyrrole nitrogens is 1. The Labute approximate surface area is 129 Å². The van der Waals surface area contributed by atoms with Crippen molar-refractivity contribution in [3.05, 3.63) is 46.3 Å². The highest BCUT2D eigenvalue weighted by Crippen LogP contribution is 2.27. The van der Waals surface area contributed by atoms with E-state index in [1.54, 1.807) is 6.07 Å². The van der Waals surface area contributed by atoms with Gasteiger partial charge < -0.3 is 9.73 Å². The number of carbonyl (C=O) groups excluding carboxylic acids is 1. The molecule has 21 heavy (non-hydrogen) atoms. The Balaban J connectivity index is 1.84. The van der Waals surface area contributed by atoms with Crippen molar-refractivity contribution in [2.75, 3.05) is 5.32 Å². The van der Waals surface area contributed by atoms with E-state index in [4.69, 9.17) is 4.42 Å². The minimum Gasteiger partial charge on any atom is -0.450 e. The van der Waals surface area contributed by atoms with E-state index < -0.39 is 0 Å². The summed E-state index contributed by atoms with van der Waals surface area (Å²) in [6, 6.07) is 9.20. The molecule has 0 saturated heterocycles. The van der Waals surface area contributed by atoms with Crippen molar-refractivity contribution in [2.24, 2.45) is 0 Å². The van der Waals surface area contributed by atoms with Gasteiger partial charge in [0.05, 0.1) is 4.47 Å². The zero-order valence-corrected chi connectivity index (χ0v) is 13.2. The smallest absolute Gasteiger partial charge is 0.292 e. The van der Waals surface area contributed by atoms with Crippen LogP contribution in [-0.2, 0) is 0 Å². The Hall–Kier alpha value is -2.08. The van der Waals surface area contributed by atoms with Gasteiger partial charge in [-0.2, -0.15) is 5.10 Å². The van der Waals surface area contributed by atoms with E-state index in [0.29, 0.717) is 17.3 Å². The molecule has 0 aliphatic heterocycles. The molecule has 0 fully saturated rings. The maximum atomic E-state index is 12.2. The molecule has 0 atom stereocenters. The number of para-hydroxylation sites is 1. The molecule has 0 aliphatic rings. The molecular formula is C15H14BrN3O2. The maximum absolute atomic E-state index is 12.2. The van der Waals surface area contributed by atoms with Gasteiger partial charge in [0.1, 0.15) is 5.58 Å². The number of furan rings is 1. The van der Waals surface area contributed by atoms with Crippen molar-refractivity contribution in [1.82, 2.24) is 10.2 Å². The molecular weight excluding hydrogens is 334 g/mol. The Bertz CT molecular complexity index is 804. The number of rotatable bonds is 3. The summed E-state index contributed by atoms with van der Waals surface area (Å²) >= 11 is 3.40. The van der Waals surface area contributed by atoms with Gasteiger partial charge in [0.25, 0.3) is 5.91 Å². The molecule has 1 amide bonds. The first-order valence-corrected chi connectivity index (χ1v) is 7.38. The molecule has 3 rings (SSSR count). The van der Waals surface area contributed by atoms with Gasteiger partial charge >= 0.3 is 0 Å². The second-order valence-corrected chi connectivity index (χ2v) is 5.94. The highest BCUT2D eigenvalue weighted by Gasteiger charge is 2.15. The van der Waals surface area contributed by atoms with E-state index in [2.05, 4.69) is 45.3 Å². The van der Waals surface area contributed by atoms with E-state index in [1.165, 1.54) is 0 Å². The molecule has 0 saturated carbocycles. The van der Waals surface area contributed by atoms with Crippen LogP contribution in [0.4, 0.5) is 5.82 Å². The van der Waals surface area contributed by atoms with Crippen LogP contribution in [0.3, 0.4) is 0 Å². The summed E-state index contributed by atoms with van der Waals surface area (Å²) in [6.45, 7) is 4.10. The lowest BCUT2D eigenvalue weighted by molar-refractivity contribution is 0.0998. The van der Waals surface area contributed by atoms with Crippen LogP contribution >= 0.6 is 15.9 Å². The van der Waals surface area contributed by atoms with Gasteiger partial charge in [-0.25, -0.2) is 0 Å². The van der Waals surface area contributed by atoms with Gasteiger partial charge in [-0.3, -0.25) is 9.89 Å². The molecule has 2 heterocycles. The van der Waals surface area contributed by atoms with Crippen molar-refractivity contribution < 1.29 is 9.21 Å². The number of anilines is 1. The predicted octanol–water partition coefficient (Wildman–Crippen LogP) is 4.29. The SMILES string of the molecule is CC(C)c1cc(NC(=O)c2cc3cccc(Br)c3o2)n[nH]1. The summed E-state index contributed by atoms with van der Waals surface area (Å²) < 4.78 is 6.41. The van der Waals surface area contributed by atoms with Gasteiger partial charge in [-0.15, -0.1) is 0 Å². The van der Waals surface area contributed by atoms with E-state index in [9.17, 15) is 4.79 Å². The second-order valence-electron chi connectivity index (χ2n) is 5.09. The summed E-state index contributed by atoms with van der Waals surface area (Å²) in [5.41, 5.74) is 1.63. The van der Waals surface area contributed by atoms with E-state index in [0.717, 1.165) is 15.6 Å². The van der Waals surface area contributed by atoms with Crippen molar-refractivity contribution in [3.63, 3.8) is 0 Å². The van der Waals surface area contributed by atoms with Crippen LogP contribution in [0.15, 0.2) is 39.2 Å². The van der Waals surface area contributed by atoms with Gasteiger partial charge in [-0.05, 0) is 34.0 Å². The maximum Gasteiger partial charge on any atom is 0.292 e. The number of hydrogen-bond acceptors (Lipinski definition) is 3. The lowest BCUT2D eigenvalue weighted by atomic mass is 10.1. The Morgan fingerprint density at radius 3 is 2.86 bits per heavy atom. The van der Waals surface area contributed by atoms with Crippen molar-refractivity contribution in [1.29, 1.82) is 0 Å². The normalized spacial score (nSPS) is 11.2. The van der Waals surface area contributed by atoms with Gasteiger partial charge in [0, 0.05) is 17.1 Å². The number of amides is 1. The number of fused-ring (bicyclic) bond motifs is 1. The summed E-state index contributed by atoms with van der Waals surface area (Å²) in [6.07, 6.45) is 0. The van der Waals surface area contributed by atoms with Gasteiger partial charge in [0.15, 0.2) is 11.6 Å². The summed E-state index contributed by atoms with van der Waals surface area (Å²) in [4.78, 5) is 12.2. The van der Waals surface area contributed by atoms with Crippen LogP contribution < -0.4 is 5.32 Å². The predicted molar refractivity (Wildman–Crippen MR) is 84.5 cm³/mol. The molecule has 6 heteroatoms. The topological polar surface area (TPSA) is 70.9 Å². The largest absolute Gasteiger partial charge is 0.450 e. The fourth-order valence-electron chi connectivity index (χ4n) is 2.01. The standard InChI is InChI=1S/C15H14BrN3O2/c1-8(2)11-7-13(19-18-11)17-15(20)12-6-9-4-3-5-10(16)14(9)21-12/h3-8H,1-2H3,(H2,17,18,19,20). The molecule has 5 nitrogen and oxygen atoms in total. The molecule has 2 aromatic heterocycles. The first-order chi connectivity index (χ1) is 10.0. The molecule has 0 spiro atoms. The summed E-state index contributed by atoms with van der Waals surface area (Å²) in [7, 11) is 0. The number of carbonyl (C=O) groups is 1. The molecule has 0 aliphatic carbocycles. The summed E-state index contributed by atoms with van der Waals surface area (Å²) in [5, 5.41) is 10.6. The molecule has 0 unspecified atom stereocenters. The van der Waals surface area contributed by atoms with E-state index in [1.807, 2.05) is 24.3 Å². The van der Waals surface area contributed by atoms with Crippen LogP contribution in [0.5, 0.6) is 0 Å². The number of nitrogens with one attached hydrogen (secondary N) is 2. The number of aromatic nitrogens is 2. The van der Waals surface area contributed by atoms with Crippen LogP contribution in [0.2, 0.25) is 0 Å².